The number of nitrogens with zero attached hydrogens (tertiary/aromatic N) is 3. The van der Waals surface area contributed by atoms with Crippen molar-refractivity contribution in [1.82, 2.24) is 15.0 Å². The van der Waals surface area contributed by atoms with Gasteiger partial charge in [-0.05, 0) is 12.1 Å². The Hall–Kier alpha value is -1.46. The van der Waals surface area contributed by atoms with Gasteiger partial charge in [0.25, 0.3) is 0 Å². The van der Waals surface area contributed by atoms with Gasteiger partial charge in [0, 0.05) is 17.6 Å². The molecule has 0 aliphatic heterocycles. The van der Waals surface area contributed by atoms with Crippen LogP contribution in [0.1, 0.15) is 17.3 Å². The first-order chi connectivity index (χ1) is 7.59. The van der Waals surface area contributed by atoms with Gasteiger partial charge in [-0.15, -0.1) is 5.10 Å². The molecular weight excluding hydrogens is 231 g/mol. The molecule has 1 atom stereocenters. The zero-order valence-corrected chi connectivity index (χ0v) is 9.32. The summed E-state index contributed by atoms with van der Waals surface area (Å²) in [6, 6.07) is 3.80. The smallest absolute Gasteiger partial charge is 0.129 e. The van der Waals surface area contributed by atoms with Crippen molar-refractivity contribution in [3.63, 3.8) is 0 Å². The molecule has 0 amide bonds. The topological polar surface area (TPSA) is 56.7 Å². The quantitative estimate of drug-likeness (QED) is 0.869. The third-order valence-electron chi connectivity index (χ3n) is 2.37. The van der Waals surface area contributed by atoms with Crippen molar-refractivity contribution in [2.45, 2.75) is 6.04 Å². The second-order valence-electron chi connectivity index (χ2n) is 3.43. The summed E-state index contributed by atoms with van der Waals surface area (Å²) in [6.07, 6.45) is 1.51. The molecule has 0 radical (unpaired) electrons. The maximum absolute atomic E-state index is 13.6. The molecule has 1 heterocycles. The van der Waals surface area contributed by atoms with Gasteiger partial charge in [0.05, 0.1) is 17.9 Å². The monoisotopic (exact) mass is 240 g/mol. The minimum atomic E-state index is -0.600. The molecule has 1 aromatic heterocycles. The summed E-state index contributed by atoms with van der Waals surface area (Å²) in [5.74, 6) is -0.429. The van der Waals surface area contributed by atoms with Crippen LogP contribution in [0.5, 0.6) is 0 Å². The molecule has 4 nitrogen and oxygen atoms in total. The number of rotatable bonds is 2. The number of nitrogens with two attached hydrogens (primary N) is 1. The van der Waals surface area contributed by atoms with E-state index in [9.17, 15) is 4.39 Å². The normalized spacial score (nSPS) is 12.8. The molecule has 0 aliphatic rings. The van der Waals surface area contributed by atoms with Crippen LogP contribution >= 0.6 is 11.6 Å². The highest BCUT2D eigenvalue weighted by molar-refractivity contribution is 6.30. The Morgan fingerprint density at radius 2 is 2.25 bits per heavy atom. The van der Waals surface area contributed by atoms with Gasteiger partial charge < -0.3 is 5.73 Å². The zero-order chi connectivity index (χ0) is 11.7. The molecule has 0 saturated heterocycles. The first-order valence-corrected chi connectivity index (χ1v) is 5.02. The lowest BCUT2D eigenvalue weighted by Gasteiger charge is -2.12. The maximum atomic E-state index is 13.6. The Labute approximate surface area is 96.8 Å². The zero-order valence-electron chi connectivity index (χ0n) is 8.56. The molecule has 1 aromatic carbocycles. The molecule has 0 bridgehead atoms. The minimum absolute atomic E-state index is 0.344. The summed E-state index contributed by atoms with van der Waals surface area (Å²) in [5.41, 5.74) is 6.94. The SMILES string of the molecule is Cn1nncc1C(N)c1ccc(Cl)cc1F. The standard InChI is InChI=1S/C10H10ClFN4/c1-16-9(5-14-15-16)10(13)7-3-2-6(11)4-8(7)12/h2-5,10H,13H2,1H3. The van der Waals surface area contributed by atoms with Gasteiger partial charge in [-0.2, -0.15) is 0 Å². The second kappa shape index (κ2) is 4.19. The largest absolute Gasteiger partial charge is 0.319 e. The second-order valence-corrected chi connectivity index (χ2v) is 3.86. The number of aryl methyl sites for hydroxylation is 1. The molecule has 16 heavy (non-hydrogen) atoms. The number of halogens is 2. The highest BCUT2D eigenvalue weighted by atomic mass is 35.5. The van der Waals surface area contributed by atoms with Crippen LogP contribution in [0.4, 0.5) is 4.39 Å². The lowest BCUT2D eigenvalue weighted by molar-refractivity contribution is 0.584. The Morgan fingerprint density at radius 3 is 2.81 bits per heavy atom. The molecule has 2 N–H and O–H groups in total. The predicted molar refractivity (Wildman–Crippen MR) is 58.4 cm³/mol. The molecule has 0 saturated carbocycles. The number of hydrogen-bond acceptors (Lipinski definition) is 3. The van der Waals surface area contributed by atoms with Crippen LogP contribution in [0, 0.1) is 5.82 Å². The highest BCUT2D eigenvalue weighted by Gasteiger charge is 2.17. The van der Waals surface area contributed by atoms with Crippen molar-refractivity contribution in [1.29, 1.82) is 0 Å². The fraction of sp³-hybridized carbons (Fsp3) is 0.200. The Balaban J connectivity index is 2.41. The van der Waals surface area contributed by atoms with E-state index in [1.54, 1.807) is 19.2 Å². The fourth-order valence-corrected chi connectivity index (χ4v) is 1.65. The lowest BCUT2D eigenvalue weighted by Crippen LogP contribution is -2.17. The molecule has 2 aromatic rings. The van der Waals surface area contributed by atoms with Crippen LogP contribution in [0.2, 0.25) is 5.02 Å². The fourth-order valence-electron chi connectivity index (χ4n) is 1.49. The molecule has 0 fully saturated rings. The van der Waals surface area contributed by atoms with Crippen LogP contribution < -0.4 is 5.73 Å². The van der Waals surface area contributed by atoms with Crippen LogP contribution in [-0.2, 0) is 7.05 Å². The van der Waals surface area contributed by atoms with Gasteiger partial charge in [0.15, 0.2) is 0 Å². The van der Waals surface area contributed by atoms with Gasteiger partial charge >= 0.3 is 0 Å². The van der Waals surface area contributed by atoms with E-state index in [0.717, 1.165) is 0 Å². The van der Waals surface area contributed by atoms with Crippen molar-refractivity contribution >= 4 is 11.6 Å². The van der Waals surface area contributed by atoms with Gasteiger partial charge in [-0.1, -0.05) is 22.9 Å². The van der Waals surface area contributed by atoms with Gasteiger partial charge in [0.2, 0.25) is 0 Å². The van der Waals surface area contributed by atoms with Crippen molar-refractivity contribution in [3.05, 3.63) is 46.5 Å². The summed E-state index contributed by atoms with van der Waals surface area (Å²) in [5, 5.41) is 7.79. The third kappa shape index (κ3) is 1.91. The first-order valence-electron chi connectivity index (χ1n) is 4.64. The van der Waals surface area contributed by atoms with Crippen LogP contribution in [-0.4, -0.2) is 15.0 Å². The number of benzene rings is 1. The van der Waals surface area contributed by atoms with Gasteiger partial charge in [0.1, 0.15) is 5.82 Å². The van der Waals surface area contributed by atoms with Crippen LogP contribution in [0.25, 0.3) is 0 Å². The Morgan fingerprint density at radius 1 is 1.50 bits per heavy atom. The summed E-state index contributed by atoms with van der Waals surface area (Å²) >= 11 is 5.67. The lowest BCUT2D eigenvalue weighted by atomic mass is 10.0. The number of aromatic nitrogens is 3. The van der Waals surface area contributed by atoms with E-state index in [1.165, 1.54) is 16.9 Å². The molecule has 6 heteroatoms. The molecule has 2 rings (SSSR count). The molecule has 1 unspecified atom stereocenters. The van der Waals surface area contributed by atoms with E-state index in [2.05, 4.69) is 10.3 Å². The summed E-state index contributed by atoms with van der Waals surface area (Å²) in [4.78, 5) is 0. The van der Waals surface area contributed by atoms with Gasteiger partial charge in [-0.25, -0.2) is 4.39 Å². The van der Waals surface area contributed by atoms with Crippen LogP contribution in [0.15, 0.2) is 24.4 Å². The minimum Gasteiger partial charge on any atom is -0.319 e. The molecule has 84 valence electrons. The average Bonchev–Trinajstić information content (AvgIpc) is 2.63. The van der Waals surface area contributed by atoms with E-state index in [4.69, 9.17) is 17.3 Å². The van der Waals surface area contributed by atoms with E-state index in [-0.39, 0.29) is 0 Å². The van der Waals surface area contributed by atoms with Crippen molar-refractivity contribution in [3.8, 4) is 0 Å². The Kier molecular flexibility index (Phi) is 2.89. The predicted octanol–water partition coefficient (Wildman–Crippen LogP) is 1.66. The van der Waals surface area contributed by atoms with E-state index < -0.39 is 11.9 Å². The Bertz CT molecular complexity index is 511. The maximum Gasteiger partial charge on any atom is 0.129 e. The third-order valence-corrected chi connectivity index (χ3v) is 2.60. The number of hydrogen-bond donors (Lipinski definition) is 1. The van der Waals surface area contributed by atoms with Crippen LogP contribution in [0.3, 0.4) is 0 Å². The van der Waals surface area contributed by atoms with E-state index in [0.29, 0.717) is 16.3 Å². The summed E-state index contributed by atoms with van der Waals surface area (Å²) in [7, 11) is 1.70. The van der Waals surface area contributed by atoms with Crippen molar-refractivity contribution in [2.24, 2.45) is 12.8 Å². The molecular formula is C10H10ClFN4. The van der Waals surface area contributed by atoms with E-state index in [1.807, 2.05) is 0 Å². The average molecular weight is 241 g/mol. The van der Waals surface area contributed by atoms with Crippen molar-refractivity contribution in [2.75, 3.05) is 0 Å². The summed E-state index contributed by atoms with van der Waals surface area (Å²) < 4.78 is 15.1. The summed E-state index contributed by atoms with van der Waals surface area (Å²) in [6.45, 7) is 0. The van der Waals surface area contributed by atoms with Gasteiger partial charge in [-0.3, -0.25) is 4.68 Å². The first kappa shape index (κ1) is 11.0. The molecule has 0 spiro atoms. The molecule has 0 aliphatic carbocycles. The highest BCUT2D eigenvalue weighted by Crippen LogP contribution is 2.23. The van der Waals surface area contributed by atoms with E-state index >= 15 is 0 Å². The van der Waals surface area contributed by atoms with Crippen molar-refractivity contribution < 1.29 is 4.39 Å².